The van der Waals surface area contributed by atoms with Crippen LogP contribution in [0.5, 0.6) is 0 Å². The maximum atomic E-state index is 8.76. The molecule has 1 aromatic carbocycles. The number of benzene rings is 1. The molecule has 18 heavy (non-hydrogen) atoms. The number of nitrogens with two attached hydrogens (primary N) is 1. The predicted molar refractivity (Wildman–Crippen MR) is 72.6 cm³/mol. The summed E-state index contributed by atoms with van der Waals surface area (Å²) in [5.41, 5.74) is 7.55. The molecular formula is C14H21N3O. The molecule has 4 nitrogen and oxygen atoms in total. The topological polar surface area (TPSA) is 70.6 Å². The molecule has 4 heteroatoms. The van der Waals surface area contributed by atoms with E-state index in [2.05, 4.69) is 17.4 Å². The summed E-state index contributed by atoms with van der Waals surface area (Å²) in [5, 5.41) is 15.4. The fourth-order valence-corrected chi connectivity index (χ4v) is 2.41. The number of nitrogens with one attached hydrogen (secondary N) is 1. The third-order valence-corrected chi connectivity index (χ3v) is 3.54. The first-order valence-corrected chi connectivity index (χ1v) is 6.55. The van der Waals surface area contributed by atoms with Crippen LogP contribution < -0.4 is 11.1 Å². The zero-order valence-corrected chi connectivity index (χ0v) is 10.8. The van der Waals surface area contributed by atoms with Gasteiger partial charge in [-0.1, -0.05) is 42.8 Å². The molecule has 1 aliphatic rings. The summed E-state index contributed by atoms with van der Waals surface area (Å²) in [6.07, 6.45) is 3.84. The number of hydrogen-bond donors (Lipinski definition) is 3. The Morgan fingerprint density at radius 2 is 2.28 bits per heavy atom. The molecule has 0 heterocycles. The van der Waals surface area contributed by atoms with E-state index in [1.54, 1.807) is 0 Å². The molecule has 2 unspecified atom stereocenters. The molecule has 98 valence electrons. The van der Waals surface area contributed by atoms with Gasteiger partial charge in [0.25, 0.3) is 0 Å². The van der Waals surface area contributed by atoms with E-state index in [1.165, 1.54) is 19.3 Å². The molecule has 1 aromatic rings. The lowest BCUT2D eigenvalue weighted by Gasteiger charge is -2.09. The Morgan fingerprint density at radius 1 is 1.50 bits per heavy atom. The summed E-state index contributed by atoms with van der Waals surface area (Å²) in [6, 6.07) is 8.40. The summed E-state index contributed by atoms with van der Waals surface area (Å²) in [6.45, 7) is 3.00. The van der Waals surface area contributed by atoms with Gasteiger partial charge in [-0.25, -0.2) is 0 Å². The second-order valence-electron chi connectivity index (χ2n) is 4.91. The van der Waals surface area contributed by atoms with Crippen LogP contribution in [-0.4, -0.2) is 17.1 Å². The molecule has 0 aromatic heterocycles. The molecule has 0 radical (unpaired) electrons. The van der Waals surface area contributed by atoms with E-state index in [9.17, 15) is 0 Å². The molecule has 1 aliphatic carbocycles. The van der Waals surface area contributed by atoms with Crippen molar-refractivity contribution < 1.29 is 5.21 Å². The lowest BCUT2D eigenvalue weighted by Crippen LogP contribution is -2.22. The first kappa shape index (κ1) is 12.9. The van der Waals surface area contributed by atoms with Crippen molar-refractivity contribution in [3.8, 4) is 0 Å². The lowest BCUT2D eigenvalue weighted by molar-refractivity contribution is 0.318. The van der Waals surface area contributed by atoms with Gasteiger partial charge in [0, 0.05) is 18.2 Å². The Bertz CT molecular complexity index is 431. The number of rotatable bonds is 6. The van der Waals surface area contributed by atoms with Crippen molar-refractivity contribution in [3.63, 3.8) is 0 Å². The van der Waals surface area contributed by atoms with Gasteiger partial charge >= 0.3 is 0 Å². The van der Waals surface area contributed by atoms with Crippen molar-refractivity contribution in [3.05, 3.63) is 35.4 Å². The second-order valence-corrected chi connectivity index (χ2v) is 4.91. The smallest absolute Gasteiger partial charge is 0.170 e. The highest BCUT2D eigenvalue weighted by molar-refractivity contribution is 5.98. The lowest BCUT2D eigenvalue weighted by atomic mass is 10.1. The standard InChI is InChI=1S/C14H21N3O/c1-2-5-10-8-13(10)16-9-11-6-3-4-7-12(11)14(15)17-18/h3-4,6-7,10,13,16,18H,2,5,8-9H2,1H3,(H2,15,17). The van der Waals surface area contributed by atoms with E-state index in [0.29, 0.717) is 6.04 Å². The summed E-state index contributed by atoms with van der Waals surface area (Å²) in [5.74, 6) is 1.01. The maximum Gasteiger partial charge on any atom is 0.170 e. The predicted octanol–water partition coefficient (Wildman–Crippen LogP) is 2.06. The van der Waals surface area contributed by atoms with Gasteiger partial charge in [0.2, 0.25) is 0 Å². The van der Waals surface area contributed by atoms with Gasteiger partial charge in [-0.3, -0.25) is 0 Å². The summed E-state index contributed by atoms with van der Waals surface area (Å²) in [4.78, 5) is 0. The van der Waals surface area contributed by atoms with Crippen LogP contribution in [-0.2, 0) is 6.54 Å². The van der Waals surface area contributed by atoms with E-state index in [-0.39, 0.29) is 5.84 Å². The number of hydrogen-bond acceptors (Lipinski definition) is 3. The van der Waals surface area contributed by atoms with Crippen LogP contribution in [0.3, 0.4) is 0 Å². The summed E-state index contributed by atoms with van der Waals surface area (Å²) < 4.78 is 0. The van der Waals surface area contributed by atoms with Gasteiger partial charge in [0.15, 0.2) is 5.84 Å². The molecule has 0 spiro atoms. The number of oxime groups is 1. The first-order valence-electron chi connectivity index (χ1n) is 6.55. The molecular weight excluding hydrogens is 226 g/mol. The number of amidine groups is 1. The normalized spacial score (nSPS) is 23.1. The Labute approximate surface area is 108 Å². The van der Waals surface area contributed by atoms with E-state index in [4.69, 9.17) is 10.9 Å². The molecule has 0 bridgehead atoms. The van der Waals surface area contributed by atoms with E-state index in [0.717, 1.165) is 23.6 Å². The summed E-state index contributed by atoms with van der Waals surface area (Å²) >= 11 is 0. The van der Waals surface area contributed by atoms with Crippen molar-refractivity contribution >= 4 is 5.84 Å². The van der Waals surface area contributed by atoms with Gasteiger partial charge in [-0.05, 0) is 24.3 Å². The maximum absolute atomic E-state index is 8.76. The van der Waals surface area contributed by atoms with Crippen LogP contribution in [0.2, 0.25) is 0 Å². The molecule has 2 rings (SSSR count). The van der Waals surface area contributed by atoms with Crippen molar-refractivity contribution in [2.75, 3.05) is 0 Å². The van der Waals surface area contributed by atoms with Crippen LogP contribution in [0.4, 0.5) is 0 Å². The quantitative estimate of drug-likeness (QED) is 0.312. The molecule has 1 fully saturated rings. The Balaban J connectivity index is 1.94. The van der Waals surface area contributed by atoms with Crippen molar-refractivity contribution in [1.29, 1.82) is 0 Å². The fourth-order valence-electron chi connectivity index (χ4n) is 2.41. The first-order chi connectivity index (χ1) is 8.76. The monoisotopic (exact) mass is 247 g/mol. The molecule has 1 saturated carbocycles. The third-order valence-electron chi connectivity index (χ3n) is 3.54. The minimum Gasteiger partial charge on any atom is -0.409 e. The van der Waals surface area contributed by atoms with Gasteiger partial charge < -0.3 is 16.3 Å². The van der Waals surface area contributed by atoms with Crippen molar-refractivity contribution in [2.24, 2.45) is 16.8 Å². The molecule has 0 aliphatic heterocycles. The van der Waals surface area contributed by atoms with E-state index in [1.807, 2.05) is 24.3 Å². The molecule has 0 saturated heterocycles. The number of nitrogens with zero attached hydrogens (tertiary/aromatic N) is 1. The Kier molecular flexibility index (Phi) is 4.20. The zero-order chi connectivity index (χ0) is 13.0. The van der Waals surface area contributed by atoms with Gasteiger partial charge in [-0.15, -0.1) is 0 Å². The zero-order valence-electron chi connectivity index (χ0n) is 10.8. The Morgan fingerprint density at radius 3 is 3.00 bits per heavy atom. The largest absolute Gasteiger partial charge is 0.409 e. The summed E-state index contributed by atoms with van der Waals surface area (Å²) in [7, 11) is 0. The highest BCUT2D eigenvalue weighted by Gasteiger charge is 2.35. The minimum absolute atomic E-state index is 0.174. The van der Waals surface area contributed by atoms with Crippen LogP contribution in [0, 0.1) is 5.92 Å². The van der Waals surface area contributed by atoms with E-state index < -0.39 is 0 Å². The van der Waals surface area contributed by atoms with Crippen LogP contribution in [0.15, 0.2) is 29.4 Å². The molecule has 0 amide bonds. The molecule has 2 atom stereocenters. The second kappa shape index (κ2) is 5.87. The fraction of sp³-hybridized carbons (Fsp3) is 0.500. The SMILES string of the molecule is CCCC1CC1NCc1ccccc1/C(N)=N/O. The van der Waals surface area contributed by atoms with Gasteiger partial charge in [-0.2, -0.15) is 0 Å². The van der Waals surface area contributed by atoms with Crippen LogP contribution in [0.25, 0.3) is 0 Å². The highest BCUT2D eigenvalue weighted by Crippen LogP contribution is 2.34. The highest BCUT2D eigenvalue weighted by atomic mass is 16.4. The van der Waals surface area contributed by atoms with Crippen molar-refractivity contribution in [2.45, 2.75) is 38.8 Å². The third kappa shape index (κ3) is 3.01. The van der Waals surface area contributed by atoms with Gasteiger partial charge in [0.05, 0.1) is 0 Å². The Hall–Kier alpha value is -1.55. The average Bonchev–Trinajstić information content (AvgIpc) is 3.15. The average molecular weight is 247 g/mol. The van der Waals surface area contributed by atoms with Crippen LogP contribution in [0.1, 0.15) is 37.3 Å². The molecule has 4 N–H and O–H groups in total. The van der Waals surface area contributed by atoms with Crippen molar-refractivity contribution in [1.82, 2.24) is 5.32 Å². The van der Waals surface area contributed by atoms with Gasteiger partial charge in [0.1, 0.15) is 0 Å². The van der Waals surface area contributed by atoms with Crippen LogP contribution >= 0.6 is 0 Å². The van der Waals surface area contributed by atoms with E-state index >= 15 is 0 Å². The minimum atomic E-state index is 0.174.